The van der Waals surface area contributed by atoms with Crippen LogP contribution in [0.5, 0.6) is 17.2 Å². The van der Waals surface area contributed by atoms with Crippen LogP contribution in [0.3, 0.4) is 0 Å². The largest absolute Gasteiger partial charge is 0.648 e. The summed E-state index contributed by atoms with van der Waals surface area (Å²) in [7, 11) is -2.79. The summed E-state index contributed by atoms with van der Waals surface area (Å²) in [5.41, 5.74) is 0.193. The first-order valence-corrected chi connectivity index (χ1v) is 15.8. The second-order valence-corrected chi connectivity index (χ2v) is 12.3. The zero-order chi connectivity index (χ0) is 32.0. The van der Waals surface area contributed by atoms with Crippen LogP contribution < -0.4 is 13.8 Å². The van der Waals surface area contributed by atoms with Crippen LogP contribution in [0.25, 0.3) is 0 Å². The molecule has 10 heteroatoms. The van der Waals surface area contributed by atoms with Gasteiger partial charge in [0.1, 0.15) is 22.8 Å². The number of carbonyl (C=O) groups excluding carboxylic acids is 1. The minimum absolute atomic E-state index is 0.250. The van der Waals surface area contributed by atoms with Crippen LogP contribution in [0.4, 0.5) is 4.79 Å². The highest BCUT2D eigenvalue weighted by atomic mass is 31.2. The maximum atomic E-state index is 14.1. The molecule has 0 spiro atoms. The summed E-state index contributed by atoms with van der Waals surface area (Å²) in [5.74, 6) is 1.03. The number of phosphoric ester groups is 1. The van der Waals surface area contributed by atoms with Gasteiger partial charge >= 0.3 is 13.9 Å². The predicted octanol–water partition coefficient (Wildman–Crippen LogP) is 8.93. The predicted molar refractivity (Wildman–Crippen MR) is 171 cm³/mol. The fourth-order valence-electron chi connectivity index (χ4n) is 4.09. The first kappa shape index (κ1) is 34.3. The second kappa shape index (κ2) is 16.6. The van der Waals surface area contributed by atoms with Gasteiger partial charge in [-0.25, -0.2) is 9.69 Å². The average Bonchev–Trinajstić information content (AvgIpc) is 2.97. The molecule has 1 atom stereocenters. The number of carbonyl (C=O) groups is 1. The summed E-state index contributed by atoms with van der Waals surface area (Å²) in [4.78, 5) is 14.8. The topological polar surface area (TPSA) is 92.8 Å². The molecule has 0 N–H and O–H groups in total. The third-order valence-electron chi connectivity index (χ3n) is 6.05. The van der Waals surface area contributed by atoms with Gasteiger partial charge in [-0.05, 0) is 88.6 Å². The normalized spacial score (nSPS) is 12.0. The average molecular weight is 624 g/mol. The van der Waals surface area contributed by atoms with Gasteiger partial charge in [0.2, 0.25) is 5.88 Å². The van der Waals surface area contributed by atoms with E-state index in [0.29, 0.717) is 32.5 Å². The summed E-state index contributed by atoms with van der Waals surface area (Å²) >= 11 is 0. The Morgan fingerprint density at radius 2 is 1.48 bits per heavy atom. The molecule has 44 heavy (non-hydrogen) atoms. The molecule has 0 radical (unpaired) electrons. The Bertz CT molecular complexity index is 1330. The number of para-hydroxylation sites is 2. The van der Waals surface area contributed by atoms with E-state index in [-0.39, 0.29) is 17.4 Å². The number of methoxy groups -OCH3 is 1. The highest BCUT2D eigenvalue weighted by molar-refractivity contribution is 7.49. The van der Waals surface area contributed by atoms with Crippen molar-refractivity contribution in [2.45, 2.75) is 58.3 Å². The van der Waals surface area contributed by atoms with Crippen LogP contribution in [0, 0.1) is 0 Å². The Labute approximate surface area is 260 Å². The van der Waals surface area contributed by atoms with Gasteiger partial charge in [0.25, 0.3) is 0 Å². The van der Waals surface area contributed by atoms with Gasteiger partial charge in [-0.2, -0.15) is 4.57 Å². The van der Waals surface area contributed by atoms with E-state index in [1.165, 1.54) is 4.90 Å². The summed E-state index contributed by atoms with van der Waals surface area (Å²) in [6, 6.07) is 24.1. The molecular formula is C34H42NO8P. The van der Waals surface area contributed by atoms with Gasteiger partial charge in [0, 0.05) is 12.6 Å². The molecule has 0 aliphatic heterocycles. The van der Waals surface area contributed by atoms with E-state index in [1.807, 2.05) is 24.3 Å². The fourth-order valence-corrected chi connectivity index (χ4v) is 5.31. The maximum Gasteiger partial charge on any atom is 0.648 e. The molecule has 0 aromatic heterocycles. The standard InChI is InChI=1S/C34H42NO8P/c1-7-15-29(16-14-25-39-26-28-21-23-30(38-6)24-22-28)35(33(36)40-34(3,4)5)27(2)41-44(37,42-31-17-10-8-11-18-31)43-32-19-12-9-13-20-32/h7-13,17-24,29H,1-2,14-16,25-26H2,3-6H3/t29-/m1/s1. The van der Waals surface area contributed by atoms with Crippen LogP contribution in [0.15, 0.2) is 110 Å². The number of ether oxygens (including phenoxy) is 3. The smallest absolute Gasteiger partial charge is 0.497 e. The molecule has 0 unspecified atom stereocenters. The van der Waals surface area contributed by atoms with E-state index in [2.05, 4.69) is 13.2 Å². The lowest BCUT2D eigenvalue weighted by Gasteiger charge is -2.34. The summed E-state index contributed by atoms with van der Waals surface area (Å²) in [5, 5.41) is 0. The minimum Gasteiger partial charge on any atom is -0.497 e. The SMILES string of the molecule is C=CC[C@H](CCCOCc1ccc(OC)cc1)N(C(=C)OP(=O)(Oc1ccccc1)Oc1ccccc1)C(=O)OC(C)(C)C. The maximum absolute atomic E-state index is 14.1. The Kier molecular flexibility index (Phi) is 12.9. The lowest BCUT2D eigenvalue weighted by atomic mass is 10.1. The molecule has 3 aromatic rings. The van der Waals surface area contributed by atoms with Crippen LogP contribution in [-0.4, -0.2) is 36.4 Å². The van der Waals surface area contributed by atoms with E-state index < -0.39 is 25.6 Å². The van der Waals surface area contributed by atoms with Gasteiger partial charge < -0.3 is 27.8 Å². The van der Waals surface area contributed by atoms with E-state index in [9.17, 15) is 9.36 Å². The van der Waals surface area contributed by atoms with Crippen molar-refractivity contribution in [2.75, 3.05) is 13.7 Å². The number of amides is 1. The molecule has 3 aromatic carbocycles. The zero-order valence-corrected chi connectivity index (χ0v) is 26.7. The van der Waals surface area contributed by atoms with E-state index >= 15 is 0 Å². The zero-order valence-electron chi connectivity index (χ0n) is 25.8. The van der Waals surface area contributed by atoms with E-state index in [1.54, 1.807) is 94.6 Å². The van der Waals surface area contributed by atoms with E-state index in [0.717, 1.165) is 11.3 Å². The molecule has 236 valence electrons. The molecule has 0 saturated heterocycles. The van der Waals surface area contributed by atoms with Gasteiger partial charge in [-0.1, -0.05) is 54.6 Å². The van der Waals surface area contributed by atoms with Gasteiger partial charge in [-0.15, -0.1) is 6.58 Å². The molecule has 0 aliphatic rings. The van der Waals surface area contributed by atoms with Crippen LogP contribution in [0.2, 0.25) is 0 Å². The van der Waals surface area contributed by atoms with Crippen LogP contribution in [-0.2, 0) is 25.2 Å². The van der Waals surface area contributed by atoms with E-state index in [4.69, 9.17) is 27.8 Å². The number of nitrogens with zero attached hydrogens (tertiary/aromatic N) is 1. The number of rotatable bonds is 17. The van der Waals surface area contributed by atoms with Gasteiger partial charge in [0.15, 0.2) is 0 Å². The fraction of sp³-hybridized carbons (Fsp3) is 0.324. The number of hydrogen-bond donors (Lipinski definition) is 0. The lowest BCUT2D eigenvalue weighted by molar-refractivity contribution is 0.0121. The molecule has 9 nitrogen and oxygen atoms in total. The van der Waals surface area contributed by atoms with Crippen molar-refractivity contribution in [1.29, 1.82) is 0 Å². The first-order valence-electron chi connectivity index (χ1n) is 14.3. The highest BCUT2D eigenvalue weighted by Gasteiger charge is 2.39. The third-order valence-corrected chi connectivity index (χ3v) is 7.36. The Balaban J connectivity index is 1.78. The van der Waals surface area contributed by atoms with Crippen molar-refractivity contribution < 1.29 is 37.1 Å². The van der Waals surface area contributed by atoms with Crippen molar-refractivity contribution in [3.8, 4) is 17.2 Å². The Hall–Kier alpha value is -4.20. The summed E-state index contributed by atoms with van der Waals surface area (Å²) < 4.78 is 48.2. The Morgan fingerprint density at radius 3 is 1.98 bits per heavy atom. The molecule has 0 aliphatic carbocycles. The van der Waals surface area contributed by atoms with Crippen molar-refractivity contribution in [1.82, 2.24) is 4.90 Å². The molecule has 1 amide bonds. The number of phosphoric acid groups is 1. The molecule has 0 saturated carbocycles. The minimum atomic E-state index is -4.41. The number of benzene rings is 3. The first-order chi connectivity index (χ1) is 21.0. The monoisotopic (exact) mass is 623 g/mol. The molecule has 0 fully saturated rings. The van der Waals surface area contributed by atoms with Crippen molar-refractivity contribution in [3.05, 3.63) is 116 Å². The highest BCUT2D eigenvalue weighted by Crippen LogP contribution is 2.51. The van der Waals surface area contributed by atoms with Crippen molar-refractivity contribution in [2.24, 2.45) is 0 Å². The summed E-state index contributed by atoms with van der Waals surface area (Å²) in [6.45, 7) is 14.0. The van der Waals surface area contributed by atoms with Crippen LogP contribution >= 0.6 is 7.82 Å². The molecule has 0 bridgehead atoms. The Morgan fingerprint density at radius 1 is 0.909 bits per heavy atom. The molecule has 3 rings (SSSR count). The summed E-state index contributed by atoms with van der Waals surface area (Å²) in [6.07, 6.45) is 2.43. The third kappa shape index (κ3) is 11.5. The second-order valence-electron chi connectivity index (χ2n) is 10.8. The van der Waals surface area contributed by atoms with Gasteiger partial charge in [0.05, 0.1) is 13.7 Å². The van der Waals surface area contributed by atoms with Crippen LogP contribution in [0.1, 0.15) is 45.6 Å². The quantitative estimate of drug-likeness (QED) is 0.0637. The van der Waals surface area contributed by atoms with Crippen molar-refractivity contribution >= 4 is 13.9 Å². The number of hydrogen-bond acceptors (Lipinski definition) is 8. The van der Waals surface area contributed by atoms with Gasteiger partial charge in [-0.3, -0.25) is 0 Å². The molecular weight excluding hydrogens is 581 g/mol. The lowest BCUT2D eigenvalue weighted by Crippen LogP contribution is -2.43. The molecule has 0 heterocycles. The van der Waals surface area contributed by atoms with Crippen molar-refractivity contribution in [3.63, 3.8) is 0 Å².